The minimum absolute atomic E-state index is 0.698. The highest BCUT2D eigenvalue weighted by atomic mass is 16.5. The predicted molar refractivity (Wildman–Crippen MR) is 56.8 cm³/mol. The van der Waals surface area contributed by atoms with E-state index in [0.717, 1.165) is 11.3 Å². The van der Waals surface area contributed by atoms with Gasteiger partial charge in [0, 0.05) is 25.3 Å². The average molecular weight is 177 g/mol. The van der Waals surface area contributed by atoms with Gasteiger partial charge in [0.2, 0.25) is 0 Å². The third kappa shape index (κ3) is 2.25. The first-order chi connectivity index (χ1) is 6.15. The lowest BCUT2D eigenvalue weighted by Gasteiger charge is -2.13. The summed E-state index contributed by atoms with van der Waals surface area (Å²) < 4.78 is 5.06. The molecule has 0 aliphatic heterocycles. The molecule has 0 saturated carbocycles. The van der Waals surface area contributed by atoms with Crippen LogP contribution in [0.1, 0.15) is 5.56 Å². The molecule has 0 radical (unpaired) electrons. The van der Waals surface area contributed by atoms with Crippen molar-refractivity contribution in [2.75, 3.05) is 26.1 Å². The number of nitrogens with zero attached hydrogens (tertiary/aromatic N) is 1. The fraction of sp³-hybridized carbons (Fsp3) is 0.273. The molecule has 0 saturated heterocycles. The molecule has 0 aliphatic rings. The Morgan fingerprint density at radius 3 is 2.62 bits per heavy atom. The summed E-state index contributed by atoms with van der Waals surface area (Å²) in [7, 11) is 5.65. The SMILES string of the molecule is C=C(OC)c1cccc(N(C)C)c1. The lowest BCUT2D eigenvalue weighted by molar-refractivity contribution is 0.371. The van der Waals surface area contributed by atoms with Crippen molar-refractivity contribution < 1.29 is 4.74 Å². The minimum Gasteiger partial charge on any atom is -0.497 e. The van der Waals surface area contributed by atoms with E-state index < -0.39 is 0 Å². The molecule has 0 N–H and O–H groups in total. The van der Waals surface area contributed by atoms with Crippen molar-refractivity contribution in [2.24, 2.45) is 0 Å². The Morgan fingerprint density at radius 1 is 1.38 bits per heavy atom. The van der Waals surface area contributed by atoms with Crippen molar-refractivity contribution in [3.05, 3.63) is 36.4 Å². The zero-order valence-corrected chi connectivity index (χ0v) is 8.37. The molecule has 0 heterocycles. The lowest BCUT2D eigenvalue weighted by atomic mass is 10.1. The second-order valence-corrected chi connectivity index (χ2v) is 3.07. The molecule has 2 nitrogen and oxygen atoms in total. The summed E-state index contributed by atoms with van der Waals surface area (Å²) in [6, 6.07) is 8.08. The van der Waals surface area contributed by atoms with Crippen molar-refractivity contribution in [3.8, 4) is 0 Å². The maximum Gasteiger partial charge on any atom is 0.118 e. The van der Waals surface area contributed by atoms with Gasteiger partial charge < -0.3 is 9.64 Å². The van der Waals surface area contributed by atoms with Crippen molar-refractivity contribution in [1.29, 1.82) is 0 Å². The maximum absolute atomic E-state index is 5.06. The van der Waals surface area contributed by atoms with E-state index in [1.165, 1.54) is 0 Å². The van der Waals surface area contributed by atoms with Crippen LogP contribution in [-0.4, -0.2) is 21.2 Å². The van der Waals surface area contributed by atoms with Crippen LogP contribution in [-0.2, 0) is 4.74 Å². The molecule has 2 heteroatoms. The molecular formula is C11H15NO. The second-order valence-electron chi connectivity index (χ2n) is 3.07. The van der Waals surface area contributed by atoms with E-state index in [4.69, 9.17) is 4.74 Å². The molecule has 0 spiro atoms. The summed E-state index contributed by atoms with van der Waals surface area (Å²) in [6.45, 7) is 3.80. The predicted octanol–water partition coefficient (Wildman–Crippen LogP) is 2.37. The molecule has 1 aromatic rings. The van der Waals surface area contributed by atoms with Gasteiger partial charge in [0.15, 0.2) is 0 Å². The Hall–Kier alpha value is -1.44. The highest BCUT2D eigenvalue weighted by molar-refractivity contribution is 5.62. The van der Waals surface area contributed by atoms with Gasteiger partial charge in [-0.15, -0.1) is 0 Å². The summed E-state index contributed by atoms with van der Waals surface area (Å²) in [5.41, 5.74) is 2.17. The van der Waals surface area contributed by atoms with Gasteiger partial charge in [-0.05, 0) is 12.1 Å². The second kappa shape index (κ2) is 3.99. The van der Waals surface area contributed by atoms with E-state index in [1.54, 1.807) is 7.11 Å². The summed E-state index contributed by atoms with van der Waals surface area (Å²) in [6.07, 6.45) is 0. The molecule has 0 aromatic heterocycles. The Labute approximate surface area is 79.4 Å². The number of methoxy groups -OCH3 is 1. The highest BCUT2D eigenvalue weighted by Crippen LogP contribution is 2.18. The van der Waals surface area contributed by atoms with Gasteiger partial charge in [0.25, 0.3) is 0 Å². The third-order valence-electron chi connectivity index (χ3n) is 1.93. The molecule has 0 fully saturated rings. The monoisotopic (exact) mass is 177 g/mol. The molecular weight excluding hydrogens is 162 g/mol. The first-order valence-electron chi connectivity index (χ1n) is 4.16. The molecule has 0 bridgehead atoms. The van der Waals surface area contributed by atoms with E-state index in [2.05, 4.69) is 6.58 Å². The van der Waals surface area contributed by atoms with Crippen LogP contribution in [0.15, 0.2) is 30.8 Å². The van der Waals surface area contributed by atoms with E-state index in [1.807, 2.05) is 43.3 Å². The van der Waals surface area contributed by atoms with Gasteiger partial charge >= 0.3 is 0 Å². The van der Waals surface area contributed by atoms with Gasteiger partial charge in [0.05, 0.1) is 7.11 Å². The van der Waals surface area contributed by atoms with E-state index in [0.29, 0.717) is 5.76 Å². The van der Waals surface area contributed by atoms with Gasteiger partial charge in [-0.3, -0.25) is 0 Å². The number of ether oxygens (including phenoxy) is 1. The molecule has 13 heavy (non-hydrogen) atoms. The van der Waals surface area contributed by atoms with Crippen molar-refractivity contribution >= 4 is 11.4 Å². The van der Waals surface area contributed by atoms with Crippen LogP contribution < -0.4 is 4.90 Å². The average Bonchev–Trinajstić information content (AvgIpc) is 2.17. The smallest absolute Gasteiger partial charge is 0.118 e. The normalized spacial score (nSPS) is 9.46. The topological polar surface area (TPSA) is 12.5 Å². The van der Waals surface area contributed by atoms with E-state index >= 15 is 0 Å². The van der Waals surface area contributed by atoms with Gasteiger partial charge in [-0.1, -0.05) is 18.7 Å². The Morgan fingerprint density at radius 2 is 2.08 bits per heavy atom. The number of hydrogen-bond acceptors (Lipinski definition) is 2. The third-order valence-corrected chi connectivity index (χ3v) is 1.93. The van der Waals surface area contributed by atoms with Crippen LogP contribution >= 0.6 is 0 Å². The standard InChI is InChI=1S/C11H15NO/c1-9(13-4)10-6-5-7-11(8-10)12(2)3/h5-8H,1H2,2-4H3. The van der Waals surface area contributed by atoms with Crippen LogP contribution in [0.2, 0.25) is 0 Å². The largest absolute Gasteiger partial charge is 0.497 e. The lowest BCUT2D eigenvalue weighted by Crippen LogP contribution is -2.08. The summed E-state index contributed by atoms with van der Waals surface area (Å²) in [5.74, 6) is 0.698. The molecule has 0 unspecified atom stereocenters. The van der Waals surface area contributed by atoms with Crippen LogP contribution in [0, 0.1) is 0 Å². The zero-order chi connectivity index (χ0) is 9.84. The van der Waals surface area contributed by atoms with Crippen LogP contribution in [0.4, 0.5) is 5.69 Å². The number of anilines is 1. The number of benzene rings is 1. The summed E-state index contributed by atoms with van der Waals surface area (Å²) in [4.78, 5) is 2.05. The van der Waals surface area contributed by atoms with Crippen LogP contribution in [0.5, 0.6) is 0 Å². The first kappa shape index (κ1) is 9.65. The first-order valence-corrected chi connectivity index (χ1v) is 4.16. The molecule has 0 atom stereocenters. The Balaban J connectivity index is 2.98. The highest BCUT2D eigenvalue weighted by Gasteiger charge is 2.00. The number of rotatable bonds is 3. The minimum atomic E-state index is 0.698. The van der Waals surface area contributed by atoms with Gasteiger partial charge in [-0.2, -0.15) is 0 Å². The number of hydrogen-bond donors (Lipinski definition) is 0. The van der Waals surface area contributed by atoms with Gasteiger partial charge in [-0.25, -0.2) is 0 Å². The van der Waals surface area contributed by atoms with Crippen LogP contribution in [0.3, 0.4) is 0 Å². The molecule has 0 amide bonds. The van der Waals surface area contributed by atoms with Crippen molar-refractivity contribution in [2.45, 2.75) is 0 Å². The summed E-state index contributed by atoms with van der Waals surface area (Å²) >= 11 is 0. The Kier molecular flexibility index (Phi) is 2.96. The molecule has 70 valence electrons. The van der Waals surface area contributed by atoms with Crippen molar-refractivity contribution in [1.82, 2.24) is 0 Å². The zero-order valence-electron chi connectivity index (χ0n) is 8.37. The molecule has 1 aromatic carbocycles. The fourth-order valence-corrected chi connectivity index (χ4v) is 1.08. The molecule has 0 aliphatic carbocycles. The maximum atomic E-state index is 5.06. The molecule has 1 rings (SSSR count). The van der Waals surface area contributed by atoms with E-state index in [9.17, 15) is 0 Å². The van der Waals surface area contributed by atoms with Gasteiger partial charge in [0.1, 0.15) is 5.76 Å². The van der Waals surface area contributed by atoms with E-state index in [-0.39, 0.29) is 0 Å². The summed E-state index contributed by atoms with van der Waals surface area (Å²) in [5, 5.41) is 0. The Bertz CT molecular complexity index is 305. The quantitative estimate of drug-likeness (QED) is 0.657. The fourth-order valence-electron chi connectivity index (χ4n) is 1.08. The van der Waals surface area contributed by atoms with Crippen LogP contribution in [0.25, 0.3) is 5.76 Å². The van der Waals surface area contributed by atoms with Crippen molar-refractivity contribution in [3.63, 3.8) is 0 Å².